The Hall–Kier alpha value is -0.610. The standard InChI is InChI=1S/C26H54O.C4H6O3/c1-3-5-7-9-11-13-15-17-19-21-23-25-27-26-24-22-20-18-16-14-12-10-8-6-4-2;5-4-3-6-1-2-7-4/h3-26H2,1-2H3;1-3H2. The lowest BCUT2D eigenvalue weighted by Crippen LogP contribution is -2.22. The van der Waals surface area contributed by atoms with Gasteiger partial charge in [-0.05, 0) is 12.8 Å². The molecule has 0 bridgehead atoms. The Bertz CT molecular complexity index is 354. The van der Waals surface area contributed by atoms with Crippen molar-refractivity contribution < 1.29 is 19.0 Å². The molecule has 0 N–H and O–H groups in total. The van der Waals surface area contributed by atoms with Gasteiger partial charge >= 0.3 is 5.97 Å². The van der Waals surface area contributed by atoms with Gasteiger partial charge in [-0.3, -0.25) is 0 Å². The van der Waals surface area contributed by atoms with Gasteiger partial charge in [0.1, 0.15) is 13.2 Å². The molecular weight excluding hydrogens is 424 g/mol. The number of esters is 1. The average Bonchev–Trinajstić information content (AvgIpc) is 2.85. The summed E-state index contributed by atoms with van der Waals surface area (Å²) < 4.78 is 15.0. The first-order valence-corrected chi connectivity index (χ1v) is 15.1. The lowest BCUT2D eigenvalue weighted by atomic mass is 10.1. The first-order valence-electron chi connectivity index (χ1n) is 15.1. The van der Waals surface area contributed by atoms with E-state index in [1.165, 1.54) is 141 Å². The van der Waals surface area contributed by atoms with E-state index in [1.807, 2.05) is 0 Å². The molecule has 0 aromatic carbocycles. The van der Waals surface area contributed by atoms with E-state index in [2.05, 4.69) is 18.6 Å². The Balaban J connectivity index is 0.00000131. The Morgan fingerprint density at radius 2 is 0.882 bits per heavy atom. The lowest BCUT2D eigenvalue weighted by Gasteiger charge is -2.09. The van der Waals surface area contributed by atoms with Crippen LogP contribution in [0.3, 0.4) is 0 Å². The van der Waals surface area contributed by atoms with Crippen molar-refractivity contribution in [1.29, 1.82) is 0 Å². The monoisotopic (exact) mass is 484 g/mol. The molecule has 0 aromatic heterocycles. The van der Waals surface area contributed by atoms with E-state index in [-0.39, 0.29) is 12.6 Å². The van der Waals surface area contributed by atoms with Gasteiger partial charge in [-0.25, -0.2) is 4.79 Å². The van der Waals surface area contributed by atoms with Crippen molar-refractivity contribution in [3.8, 4) is 0 Å². The number of unbranched alkanes of at least 4 members (excludes halogenated alkanes) is 20. The minimum atomic E-state index is -0.258. The van der Waals surface area contributed by atoms with E-state index in [1.54, 1.807) is 0 Å². The highest BCUT2D eigenvalue weighted by Crippen LogP contribution is 2.12. The Morgan fingerprint density at radius 3 is 1.15 bits per heavy atom. The van der Waals surface area contributed by atoms with E-state index in [0.717, 1.165) is 13.2 Å². The predicted molar refractivity (Wildman–Crippen MR) is 146 cm³/mol. The first kappa shape index (κ1) is 33.4. The average molecular weight is 485 g/mol. The lowest BCUT2D eigenvalue weighted by molar-refractivity contribution is -0.159. The zero-order valence-electron chi connectivity index (χ0n) is 23.2. The van der Waals surface area contributed by atoms with Crippen molar-refractivity contribution in [3.63, 3.8) is 0 Å². The van der Waals surface area contributed by atoms with Crippen molar-refractivity contribution in [1.82, 2.24) is 0 Å². The maximum atomic E-state index is 10.1. The summed E-state index contributed by atoms with van der Waals surface area (Å²) >= 11 is 0. The molecule has 0 saturated carbocycles. The fourth-order valence-electron chi connectivity index (χ4n) is 4.25. The molecule has 0 atom stereocenters. The van der Waals surface area contributed by atoms with Crippen LogP contribution in [-0.4, -0.2) is 39.0 Å². The van der Waals surface area contributed by atoms with E-state index >= 15 is 0 Å². The summed E-state index contributed by atoms with van der Waals surface area (Å²) in [5, 5.41) is 0. The number of ether oxygens (including phenoxy) is 3. The molecule has 1 fully saturated rings. The van der Waals surface area contributed by atoms with Crippen LogP contribution in [0.1, 0.15) is 155 Å². The maximum absolute atomic E-state index is 10.1. The van der Waals surface area contributed by atoms with Crippen LogP contribution in [0.25, 0.3) is 0 Å². The fraction of sp³-hybridized carbons (Fsp3) is 0.967. The van der Waals surface area contributed by atoms with Crippen molar-refractivity contribution in [2.24, 2.45) is 0 Å². The van der Waals surface area contributed by atoms with Crippen LogP contribution >= 0.6 is 0 Å². The van der Waals surface area contributed by atoms with Gasteiger partial charge in [0.15, 0.2) is 0 Å². The molecule has 1 heterocycles. The number of cyclic esters (lactones) is 1. The summed E-state index contributed by atoms with van der Waals surface area (Å²) in [6, 6.07) is 0. The van der Waals surface area contributed by atoms with Crippen LogP contribution in [-0.2, 0) is 19.0 Å². The molecule has 4 nitrogen and oxygen atoms in total. The largest absolute Gasteiger partial charge is 0.462 e. The van der Waals surface area contributed by atoms with Gasteiger partial charge in [-0.15, -0.1) is 0 Å². The number of carbonyl (C=O) groups is 1. The third kappa shape index (κ3) is 29.4. The first-order chi connectivity index (χ1) is 16.8. The van der Waals surface area contributed by atoms with Crippen molar-refractivity contribution in [3.05, 3.63) is 0 Å². The van der Waals surface area contributed by atoms with Crippen LogP contribution in [0.2, 0.25) is 0 Å². The smallest absolute Gasteiger partial charge is 0.332 e. The van der Waals surface area contributed by atoms with Gasteiger partial charge in [-0.1, -0.05) is 142 Å². The summed E-state index contributed by atoms with van der Waals surface area (Å²) in [5.74, 6) is -0.258. The SMILES string of the molecule is CCCCCCCCCCCCCOCCCCCCCCCCCCC.O=C1COCCO1. The molecule has 1 aliphatic rings. The van der Waals surface area contributed by atoms with Crippen LogP contribution in [0, 0.1) is 0 Å². The zero-order chi connectivity index (χ0) is 24.8. The molecule has 1 aliphatic heterocycles. The second-order valence-electron chi connectivity index (χ2n) is 9.96. The van der Waals surface area contributed by atoms with Gasteiger partial charge in [0.05, 0.1) is 6.61 Å². The molecule has 1 rings (SSSR count). The predicted octanol–water partition coefficient (Wildman–Crippen LogP) is 9.18. The van der Waals surface area contributed by atoms with Crippen molar-refractivity contribution >= 4 is 5.97 Å². The van der Waals surface area contributed by atoms with E-state index in [9.17, 15) is 4.79 Å². The van der Waals surface area contributed by atoms with Crippen LogP contribution in [0.4, 0.5) is 0 Å². The second kappa shape index (κ2) is 30.4. The molecule has 34 heavy (non-hydrogen) atoms. The number of hydrogen-bond donors (Lipinski definition) is 0. The highest BCUT2D eigenvalue weighted by atomic mass is 16.6. The molecule has 1 saturated heterocycles. The van der Waals surface area contributed by atoms with E-state index in [4.69, 9.17) is 9.47 Å². The minimum absolute atomic E-state index is 0.125. The van der Waals surface area contributed by atoms with Crippen LogP contribution in [0.15, 0.2) is 0 Å². The minimum Gasteiger partial charge on any atom is -0.462 e. The number of hydrogen-bond acceptors (Lipinski definition) is 4. The third-order valence-corrected chi connectivity index (χ3v) is 6.50. The maximum Gasteiger partial charge on any atom is 0.332 e. The van der Waals surface area contributed by atoms with Gasteiger partial charge in [0.25, 0.3) is 0 Å². The summed E-state index contributed by atoms with van der Waals surface area (Å²) in [7, 11) is 0. The molecular formula is C30H60O4. The van der Waals surface area contributed by atoms with Crippen molar-refractivity contribution in [2.75, 3.05) is 33.0 Å². The van der Waals surface area contributed by atoms with Gasteiger partial charge in [-0.2, -0.15) is 0 Å². The Labute approximate surface area is 213 Å². The van der Waals surface area contributed by atoms with Gasteiger partial charge in [0.2, 0.25) is 0 Å². The third-order valence-electron chi connectivity index (χ3n) is 6.50. The number of carbonyl (C=O) groups excluding carboxylic acids is 1. The van der Waals surface area contributed by atoms with E-state index < -0.39 is 0 Å². The summed E-state index contributed by atoms with van der Waals surface area (Å²) in [6.45, 7) is 7.66. The highest BCUT2D eigenvalue weighted by molar-refractivity contribution is 5.71. The highest BCUT2D eigenvalue weighted by Gasteiger charge is 2.06. The Morgan fingerprint density at radius 1 is 0.529 bits per heavy atom. The summed E-state index contributed by atoms with van der Waals surface area (Å²) in [4.78, 5) is 10.1. The molecule has 204 valence electrons. The Kier molecular flexibility index (Phi) is 29.9. The summed E-state index contributed by atoms with van der Waals surface area (Å²) in [5.41, 5.74) is 0. The second-order valence-corrected chi connectivity index (χ2v) is 9.96. The van der Waals surface area contributed by atoms with Gasteiger partial charge < -0.3 is 14.2 Å². The molecule has 0 aliphatic carbocycles. The molecule has 0 unspecified atom stereocenters. The molecule has 0 aromatic rings. The van der Waals surface area contributed by atoms with Gasteiger partial charge in [0, 0.05) is 13.2 Å². The van der Waals surface area contributed by atoms with Crippen LogP contribution < -0.4 is 0 Å². The van der Waals surface area contributed by atoms with Crippen LogP contribution in [0.5, 0.6) is 0 Å². The zero-order valence-corrected chi connectivity index (χ0v) is 23.2. The fourth-order valence-corrected chi connectivity index (χ4v) is 4.25. The molecule has 0 spiro atoms. The van der Waals surface area contributed by atoms with Crippen molar-refractivity contribution in [2.45, 2.75) is 155 Å². The molecule has 4 heteroatoms. The van der Waals surface area contributed by atoms with E-state index in [0.29, 0.717) is 13.2 Å². The normalized spacial score (nSPS) is 13.4. The quantitative estimate of drug-likeness (QED) is 0.101. The number of rotatable bonds is 24. The molecule has 0 radical (unpaired) electrons. The summed E-state index contributed by atoms with van der Waals surface area (Å²) in [6.07, 6.45) is 31.1. The molecule has 0 amide bonds. The topological polar surface area (TPSA) is 44.8 Å².